The molecule has 2 unspecified atom stereocenters. The van der Waals surface area contributed by atoms with Crippen molar-refractivity contribution < 1.29 is 9.21 Å². The van der Waals surface area contributed by atoms with E-state index in [0.717, 1.165) is 45.3 Å². The highest BCUT2D eigenvalue weighted by Crippen LogP contribution is 2.33. The Kier molecular flexibility index (Phi) is 7.27. The molecule has 3 atom stereocenters. The number of amides is 1. The molecule has 0 aliphatic carbocycles. The standard InChI is InChI=1S/C24H35N5O2.ClH/c1-3-6-16-15-29(12-11-25-16)24-27-22-20(9-5-10-21(22)31-24)23(30)26-17-13-18-7-4-8-19(14-17)28(18)2;/h5,9-10,16-19,25H,3-4,6-8,11-15H2,1-2H3,(H,26,30);1H/t16-,17?,18?,19?;/m0./s1. The number of nitrogens with zero attached hydrogens (tertiary/aromatic N) is 3. The van der Waals surface area contributed by atoms with Crippen molar-refractivity contribution in [2.45, 2.75) is 76.0 Å². The lowest BCUT2D eigenvalue weighted by Crippen LogP contribution is -2.55. The number of fused-ring (bicyclic) bond motifs is 3. The van der Waals surface area contributed by atoms with Crippen LogP contribution in [0.25, 0.3) is 11.1 Å². The van der Waals surface area contributed by atoms with Crippen LogP contribution >= 0.6 is 12.4 Å². The normalized spacial score (nSPS) is 28.4. The van der Waals surface area contributed by atoms with E-state index in [-0.39, 0.29) is 24.4 Å². The Hall–Kier alpha value is -1.83. The second-order valence-electron chi connectivity index (χ2n) is 9.58. The lowest BCUT2D eigenvalue weighted by Gasteiger charge is -2.47. The fourth-order valence-electron chi connectivity index (χ4n) is 5.79. The molecule has 1 aromatic heterocycles. The monoisotopic (exact) mass is 461 g/mol. The number of para-hydroxylation sites is 1. The summed E-state index contributed by atoms with van der Waals surface area (Å²) in [6, 6.07) is 8.20. The molecule has 1 amide bonds. The van der Waals surface area contributed by atoms with Gasteiger partial charge in [-0.2, -0.15) is 4.98 Å². The fourth-order valence-corrected chi connectivity index (χ4v) is 5.79. The van der Waals surface area contributed by atoms with Crippen molar-refractivity contribution in [3.05, 3.63) is 23.8 Å². The molecule has 4 heterocycles. The van der Waals surface area contributed by atoms with Crippen LogP contribution in [-0.4, -0.2) is 66.6 Å². The number of anilines is 1. The molecule has 1 aromatic carbocycles. The van der Waals surface area contributed by atoms with E-state index in [9.17, 15) is 4.79 Å². The third-order valence-corrected chi connectivity index (χ3v) is 7.49. The minimum atomic E-state index is -0.0257. The van der Waals surface area contributed by atoms with E-state index in [1.807, 2.05) is 18.2 Å². The molecule has 2 bridgehead atoms. The molecule has 3 aliphatic heterocycles. The van der Waals surface area contributed by atoms with Gasteiger partial charge < -0.3 is 24.9 Å². The number of carbonyl (C=O) groups excluding carboxylic acids is 1. The molecule has 0 spiro atoms. The summed E-state index contributed by atoms with van der Waals surface area (Å²) in [7, 11) is 2.24. The number of halogens is 1. The summed E-state index contributed by atoms with van der Waals surface area (Å²) in [6.45, 7) is 4.89. The first kappa shape index (κ1) is 23.3. The lowest BCUT2D eigenvalue weighted by molar-refractivity contribution is 0.0463. The summed E-state index contributed by atoms with van der Waals surface area (Å²) >= 11 is 0. The second kappa shape index (κ2) is 9.98. The average Bonchev–Trinajstić information content (AvgIpc) is 3.19. The zero-order valence-corrected chi connectivity index (χ0v) is 20.0. The number of carbonyl (C=O) groups is 1. The Bertz CT molecular complexity index is 918. The third-order valence-electron chi connectivity index (χ3n) is 7.49. The summed E-state index contributed by atoms with van der Waals surface area (Å²) in [4.78, 5) is 22.7. The van der Waals surface area contributed by atoms with Crippen LogP contribution in [0.4, 0.5) is 6.01 Å². The van der Waals surface area contributed by atoms with Crippen LogP contribution in [0.15, 0.2) is 22.6 Å². The highest BCUT2D eigenvalue weighted by molar-refractivity contribution is 6.04. The van der Waals surface area contributed by atoms with E-state index in [1.54, 1.807) is 0 Å². The molecular weight excluding hydrogens is 426 g/mol. The molecule has 8 heteroatoms. The molecule has 2 aromatic rings. The van der Waals surface area contributed by atoms with Crippen molar-refractivity contribution in [2.75, 3.05) is 31.6 Å². The Morgan fingerprint density at radius 3 is 2.81 bits per heavy atom. The van der Waals surface area contributed by atoms with Gasteiger partial charge in [-0.15, -0.1) is 12.4 Å². The van der Waals surface area contributed by atoms with Crippen molar-refractivity contribution in [2.24, 2.45) is 0 Å². The number of piperidine rings is 2. The maximum atomic E-state index is 13.2. The van der Waals surface area contributed by atoms with Gasteiger partial charge >= 0.3 is 0 Å². The summed E-state index contributed by atoms with van der Waals surface area (Å²) < 4.78 is 6.09. The Morgan fingerprint density at radius 1 is 1.28 bits per heavy atom. The lowest BCUT2D eigenvalue weighted by atomic mass is 9.82. The largest absolute Gasteiger partial charge is 0.423 e. The first-order valence-electron chi connectivity index (χ1n) is 12.0. The van der Waals surface area contributed by atoms with Crippen molar-refractivity contribution in [3.8, 4) is 0 Å². The topological polar surface area (TPSA) is 73.6 Å². The molecule has 32 heavy (non-hydrogen) atoms. The van der Waals surface area contributed by atoms with Gasteiger partial charge in [0, 0.05) is 43.8 Å². The molecular formula is C24H36ClN5O2. The van der Waals surface area contributed by atoms with Gasteiger partial charge in [-0.3, -0.25) is 4.79 Å². The molecule has 176 valence electrons. The van der Waals surface area contributed by atoms with Gasteiger partial charge in [0.15, 0.2) is 5.58 Å². The molecule has 3 saturated heterocycles. The molecule has 5 rings (SSSR count). The van der Waals surface area contributed by atoms with Crippen LogP contribution in [0.5, 0.6) is 0 Å². The van der Waals surface area contributed by atoms with Crippen LogP contribution in [0, 0.1) is 0 Å². The number of nitrogens with one attached hydrogen (secondary N) is 2. The van der Waals surface area contributed by atoms with Gasteiger partial charge in [-0.1, -0.05) is 25.8 Å². The highest BCUT2D eigenvalue weighted by atomic mass is 35.5. The van der Waals surface area contributed by atoms with E-state index in [2.05, 4.69) is 34.4 Å². The molecule has 3 aliphatic rings. The Morgan fingerprint density at radius 2 is 2.06 bits per heavy atom. The number of piperazine rings is 1. The van der Waals surface area contributed by atoms with E-state index in [1.165, 1.54) is 19.3 Å². The maximum Gasteiger partial charge on any atom is 0.298 e. The zero-order valence-electron chi connectivity index (χ0n) is 19.2. The van der Waals surface area contributed by atoms with E-state index in [0.29, 0.717) is 40.8 Å². The van der Waals surface area contributed by atoms with Gasteiger partial charge in [0.25, 0.3) is 11.9 Å². The molecule has 0 radical (unpaired) electrons. The predicted octanol–water partition coefficient (Wildman–Crippen LogP) is 3.57. The molecule has 2 N–H and O–H groups in total. The van der Waals surface area contributed by atoms with Crippen molar-refractivity contribution in [3.63, 3.8) is 0 Å². The zero-order chi connectivity index (χ0) is 21.4. The highest BCUT2D eigenvalue weighted by Gasteiger charge is 2.36. The minimum Gasteiger partial charge on any atom is -0.423 e. The average molecular weight is 462 g/mol. The summed E-state index contributed by atoms with van der Waals surface area (Å²) in [6.07, 6.45) is 8.17. The first-order valence-corrected chi connectivity index (χ1v) is 12.0. The van der Waals surface area contributed by atoms with Crippen LogP contribution in [0.3, 0.4) is 0 Å². The number of rotatable bonds is 5. The van der Waals surface area contributed by atoms with Crippen molar-refractivity contribution in [1.82, 2.24) is 20.5 Å². The fraction of sp³-hybridized carbons (Fsp3) is 0.667. The molecule has 7 nitrogen and oxygen atoms in total. The number of hydrogen-bond donors (Lipinski definition) is 2. The second-order valence-corrected chi connectivity index (χ2v) is 9.58. The smallest absolute Gasteiger partial charge is 0.298 e. The number of aromatic nitrogens is 1. The quantitative estimate of drug-likeness (QED) is 0.709. The summed E-state index contributed by atoms with van der Waals surface area (Å²) in [5, 5.41) is 6.89. The van der Waals surface area contributed by atoms with E-state index in [4.69, 9.17) is 9.40 Å². The number of oxazole rings is 1. The van der Waals surface area contributed by atoms with E-state index < -0.39 is 0 Å². The van der Waals surface area contributed by atoms with Crippen LogP contribution in [0.1, 0.15) is 62.2 Å². The number of benzene rings is 1. The van der Waals surface area contributed by atoms with E-state index >= 15 is 0 Å². The van der Waals surface area contributed by atoms with Gasteiger partial charge in [0.1, 0.15) is 5.52 Å². The molecule has 0 saturated carbocycles. The van der Waals surface area contributed by atoms with Crippen molar-refractivity contribution in [1.29, 1.82) is 0 Å². The first-order chi connectivity index (χ1) is 15.1. The van der Waals surface area contributed by atoms with Gasteiger partial charge in [0.2, 0.25) is 0 Å². The predicted molar refractivity (Wildman–Crippen MR) is 130 cm³/mol. The van der Waals surface area contributed by atoms with Crippen LogP contribution < -0.4 is 15.5 Å². The Balaban J connectivity index is 0.00000245. The summed E-state index contributed by atoms with van der Waals surface area (Å²) in [5.74, 6) is -0.0257. The minimum absolute atomic E-state index is 0. The van der Waals surface area contributed by atoms with Gasteiger partial charge in [0.05, 0.1) is 5.56 Å². The van der Waals surface area contributed by atoms with Gasteiger partial charge in [-0.05, 0) is 51.3 Å². The Labute approximate surface area is 196 Å². The third kappa shape index (κ3) is 4.61. The summed E-state index contributed by atoms with van der Waals surface area (Å²) in [5.41, 5.74) is 1.99. The molecule has 3 fully saturated rings. The van der Waals surface area contributed by atoms with Gasteiger partial charge in [-0.25, -0.2) is 0 Å². The van der Waals surface area contributed by atoms with Crippen LogP contribution in [-0.2, 0) is 0 Å². The maximum absolute atomic E-state index is 13.2. The van der Waals surface area contributed by atoms with Crippen LogP contribution in [0.2, 0.25) is 0 Å². The SMILES string of the molecule is CCC[C@H]1CN(c2nc3c(C(=O)NC4CC5CCCC(C4)N5C)cccc3o2)CCN1.Cl. The number of hydrogen-bond acceptors (Lipinski definition) is 6. The van der Waals surface area contributed by atoms with Crippen molar-refractivity contribution >= 4 is 35.4 Å².